The number of aliphatic hydroxyl groups is 1. The smallest absolute Gasteiger partial charge is 0.376 e. The maximum atomic E-state index is 12.3. The highest BCUT2D eigenvalue weighted by Gasteiger charge is 2.29. The van der Waals surface area contributed by atoms with Crippen molar-refractivity contribution in [3.63, 3.8) is 0 Å². The quantitative estimate of drug-likeness (QED) is 0.640. The van der Waals surface area contributed by atoms with Gasteiger partial charge in [0.25, 0.3) is 0 Å². The van der Waals surface area contributed by atoms with Gasteiger partial charge in [0.1, 0.15) is 5.65 Å². The highest BCUT2D eigenvalue weighted by Crippen LogP contribution is 2.25. The fourth-order valence-electron chi connectivity index (χ4n) is 2.53. The Balaban J connectivity index is 2.18. The highest BCUT2D eigenvalue weighted by molar-refractivity contribution is 5.61. The number of piperidine rings is 1. The third-order valence-electron chi connectivity index (χ3n) is 3.64. The third-order valence-corrected chi connectivity index (χ3v) is 3.64. The molecular weight excluding hydrogens is 276 g/mol. The van der Waals surface area contributed by atoms with Gasteiger partial charge in [-0.25, -0.2) is 4.98 Å². The van der Waals surface area contributed by atoms with Gasteiger partial charge >= 0.3 is 11.2 Å². The molecule has 0 aromatic carbocycles. The summed E-state index contributed by atoms with van der Waals surface area (Å²) in [6.07, 6.45) is 2.07. The maximum absolute atomic E-state index is 12.3. The van der Waals surface area contributed by atoms with Crippen LogP contribution >= 0.6 is 0 Å². The van der Waals surface area contributed by atoms with Crippen molar-refractivity contribution in [1.29, 1.82) is 0 Å². The molecule has 21 heavy (non-hydrogen) atoms. The second kappa shape index (κ2) is 5.13. The Labute approximate surface area is 119 Å². The van der Waals surface area contributed by atoms with E-state index < -0.39 is 22.3 Å². The van der Waals surface area contributed by atoms with E-state index in [1.165, 1.54) is 10.6 Å². The zero-order chi connectivity index (χ0) is 15.0. The topological polar surface area (TPSA) is 101 Å². The summed E-state index contributed by atoms with van der Waals surface area (Å²) in [5.74, 6) is 0.0862. The van der Waals surface area contributed by atoms with Crippen molar-refractivity contribution in [1.82, 2.24) is 9.38 Å². The number of anilines is 1. The van der Waals surface area contributed by atoms with Crippen molar-refractivity contribution in [2.75, 3.05) is 18.0 Å². The van der Waals surface area contributed by atoms with E-state index in [9.17, 15) is 20.0 Å². The van der Waals surface area contributed by atoms with Crippen molar-refractivity contribution < 1.29 is 10.0 Å². The first kappa shape index (κ1) is 13.5. The van der Waals surface area contributed by atoms with Crippen LogP contribution in [0.2, 0.25) is 0 Å². The molecule has 0 saturated carbocycles. The Morgan fingerprint density at radius 2 is 2.05 bits per heavy atom. The normalized spacial score (nSPS) is 16.3. The number of pyridine rings is 1. The standard InChI is InChI=1S/C13H14N4O4/c18-9-4-7-15(8-5-9)12-11(17(20)21)13(19)16-6-2-1-3-10(16)14-12/h1-3,6,9,18H,4-5,7-8H2. The average Bonchev–Trinajstić information content (AvgIpc) is 2.47. The van der Waals surface area contributed by atoms with E-state index in [1.807, 2.05) is 0 Å². The lowest BCUT2D eigenvalue weighted by atomic mass is 10.1. The second-order valence-electron chi connectivity index (χ2n) is 4.99. The number of aliphatic hydroxyl groups excluding tert-OH is 1. The van der Waals surface area contributed by atoms with Crippen molar-refractivity contribution in [3.8, 4) is 0 Å². The zero-order valence-corrected chi connectivity index (χ0v) is 11.2. The van der Waals surface area contributed by atoms with Crippen LogP contribution in [0.25, 0.3) is 5.65 Å². The summed E-state index contributed by atoms with van der Waals surface area (Å²) in [5.41, 5.74) is -0.837. The molecule has 8 nitrogen and oxygen atoms in total. The van der Waals surface area contributed by atoms with Crippen molar-refractivity contribution in [3.05, 3.63) is 44.9 Å². The van der Waals surface area contributed by atoms with Gasteiger partial charge in [-0.1, -0.05) is 6.07 Å². The summed E-state index contributed by atoms with van der Waals surface area (Å²) in [4.78, 5) is 28.9. The number of hydrogen-bond acceptors (Lipinski definition) is 6. The van der Waals surface area contributed by atoms with Crippen LogP contribution in [-0.2, 0) is 0 Å². The minimum atomic E-state index is -0.688. The number of hydrogen-bond donors (Lipinski definition) is 1. The van der Waals surface area contributed by atoms with E-state index in [0.717, 1.165) is 0 Å². The lowest BCUT2D eigenvalue weighted by molar-refractivity contribution is -0.385. The molecule has 8 heteroatoms. The fraction of sp³-hybridized carbons (Fsp3) is 0.385. The molecule has 1 aliphatic heterocycles. The van der Waals surface area contributed by atoms with Crippen LogP contribution < -0.4 is 10.5 Å². The fourth-order valence-corrected chi connectivity index (χ4v) is 2.53. The molecular formula is C13H14N4O4. The summed E-state index contributed by atoms with van der Waals surface area (Å²) in [5, 5.41) is 20.8. The molecule has 0 unspecified atom stereocenters. The van der Waals surface area contributed by atoms with E-state index in [-0.39, 0.29) is 5.82 Å². The molecule has 0 aliphatic carbocycles. The van der Waals surface area contributed by atoms with Gasteiger partial charge in [-0.15, -0.1) is 0 Å². The molecule has 0 atom stereocenters. The van der Waals surface area contributed by atoms with Gasteiger partial charge in [0.15, 0.2) is 0 Å². The van der Waals surface area contributed by atoms with Crippen LogP contribution in [0.1, 0.15) is 12.8 Å². The van der Waals surface area contributed by atoms with E-state index in [1.54, 1.807) is 23.1 Å². The van der Waals surface area contributed by atoms with E-state index >= 15 is 0 Å². The molecule has 3 heterocycles. The zero-order valence-electron chi connectivity index (χ0n) is 11.2. The lowest BCUT2D eigenvalue weighted by Crippen LogP contribution is -2.38. The molecule has 110 valence electrons. The third kappa shape index (κ3) is 2.33. The Hall–Kier alpha value is -2.48. The molecule has 1 aliphatic rings. The van der Waals surface area contributed by atoms with Crippen molar-refractivity contribution in [2.45, 2.75) is 18.9 Å². The Morgan fingerprint density at radius 1 is 1.33 bits per heavy atom. The van der Waals surface area contributed by atoms with Gasteiger partial charge in [-0.2, -0.15) is 0 Å². The number of fused-ring (bicyclic) bond motifs is 1. The summed E-state index contributed by atoms with van der Waals surface area (Å²) in [6, 6.07) is 4.97. The summed E-state index contributed by atoms with van der Waals surface area (Å²) in [6.45, 7) is 0.884. The minimum Gasteiger partial charge on any atom is -0.393 e. The van der Waals surface area contributed by atoms with E-state index in [4.69, 9.17) is 0 Å². The van der Waals surface area contributed by atoms with Crippen LogP contribution in [0.4, 0.5) is 11.5 Å². The van der Waals surface area contributed by atoms with E-state index in [2.05, 4.69) is 4.98 Å². The molecule has 3 rings (SSSR count). The van der Waals surface area contributed by atoms with Gasteiger partial charge in [-0.3, -0.25) is 19.3 Å². The van der Waals surface area contributed by atoms with Gasteiger partial charge < -0.3 is 10.0 Å². The van der Waals surface area contributed by atoms with Crippen LogP contribution in [-0.4, -0.2) is 38.6 Å². The molecule has 2 aromatic heterocycles. The first-order chi connectivity index (χ1) is 10.1. The van der Waals surface area contributed by atoms with Gasteiger partial charge in [-0.05, 0) is 25.0 Å². The van der Waals surface area contributed by atoms with Crippen molar-refractivity contribution >= 4 is 17.2 Å². The monoisotopic (exact) mass is 290 g/mol. The van der Waals surface area contributed by atoms with Crippen LogP contribution in [0.3, 0.4) is 0 Å². The van der Waals surface area contributed by atoms with Crippen molar-refractivity contribution in [2.24, 2.45) is 0 Å². The van der Waals surface area contributed by atoms with Crippen LogP contribution in [0.5, 0.6) is 0 Å². The first-order valence-electron chi connectivity index (χ1n) is 6.66. The highest BCUT2D eigenvalue weighted by atomic mass is 16.6. The summed E-state index contributed by atoms with van der Waals surface area (Å²) >= 11 is 0. The predicted octanol–water partition coefficient (Wildman–Crippen LogP) is 0.564. The minimum absolute atomic E-state index is 0.0862. The summed E-state index contributed by atoms with van der Waals surface area (Å²) in [7, 11) is 0. The SMILES string of the molecule is O=c1c([N+](=O)[O-])c(N2CCC(O)CC2)nc2ccccn12. The second-order valence-corrected chi connectivity index (χ2v) is 4.99. The first-order valence-corrected chi connectivity index (χ1v) is 6.66. The number of nitrogens with zero attached hydrogens (tertiary/aromatic N) is 4. The molecule has 2 aromatic rings. The average molecular weight is 290 g/mol. The van der Waals surface area contributed by atoms with Gasteiger partial charge in [0.2, 0.25) is 5.82 Å². The van der Waals surface area contributed by atoms with Gasteiger partial charge in [0.05, 0.1) is 11.0 Å². The Morgan fingerprint density at radius 3 is 2.71 bits per heavy atom. The molecule has 0 spiro atoms. The molecule has 1 fully saturated rings. The number of rotatable bonds is 2. The Kier molecular flexibility index (Phi) is 3.30. The molecule has 0 bridgehead atoms. The molecule has 0 radical (unpaired) electrons. The maximum Gasteiger partial charge on any atom is 0.376 e. The largest absolute Gasteiger partial charge is 0.393 e. The Bertz CT molecular complexity index is 749. The predicted molar refractivity (Wildman–Crippen MR) is 75.6 cm³/mol. The van der Waals surface area contributed by atoms with Crippen LogP contribution in [0.15, 0.2) is 29.2 Å². The molecule has 1 saturated heterocycles. The van der Waals surface area contributed by atoms with Crippen LogP contribution in [0, 0.1) is 10.1 Å². The van der Waals surface area contributed by atoms with E-state index in [0.29, 0.717) is 31.6 Å². The number of nitro groups is 1. The van der Waals surface area contributed by atoms with Gasteiger partial charge in [0, 0.05) is 19.3 Å². The molecule has 1 N–H and O–H groups in total. The lowest BCUT2D eigenvalue weighted by Gasteiger charge is -2.29. The molecule has 0 amide bonds. The summed E-state index contributed by atoms with van der Waals surface area (Å²) < 4.78 is 1.17. The number of aromatic nitrogens is 2.